The lowest BCUT2D eigenvalue weighted by atomic mass is 9.91. The van der Waals surface area contributed by atoms with Gasteiger partial charge in [0.2, 0.25) is 0 Å². The average molecular weight is 238 g/mol. The molecule has 0 saturated heterocycles. The van der Waals surface area contributed by atoms with Crippen molar-refractivity contribution in [2.45, 2.75) is 20.8 Å². The first kappa shape index (κ1) is 10.2. The molecule has 0 radical (unpaired) electrons. The summed E-state index contributed by atoms with van der Waals surface area (Å²) in [5, 5.41) is 0. The molecule has 1 nitrogen and oxygen atoms in total. The molecule has 2 aliphatic rings. The number of anilines is 1. The van der Waals surface area contributed by atoms with Gasteiger partial charge >= 0.3 is 0 Å². The van der Waals surface area contributed by atoms with E-state index in [1.54, 1.807) is 0 Å². The summed E-state index contributed by atoms with van der Waals surface area (Å²) in [6.45, 7) is 6.71. The predicted octanol–water partition coefficient (Wildman–Crippen LogP) is 4.51. The molecule has 0 saturated carbocycles. The number of benzene rings is 1. The van der Waals surface area contributed by atoms with E-state index in [2.05, 4.69) is 56.0 Å². The maximum atomic E-state index is 7.83. The summed E-state index contributed by atoms with van der Waals surface area (Å²) in [5.41, 5.74) is 3.80. The minimum atomic E-state index is 0.0943. The summed E-state index contributed by atoms with van der Waals surface area (Å²) in [7, 11) is 0. The monoisotopic (exact) mass is 238 g/mol. The summed E-state index contributed by atoms with van der Waals surface area (Å²) in [5.74, 6) is 0.392. The molecule has 0 spiro atoms. The van der Waals surface area contributed by atoms with Gasteiger partial charge in [0, 0.05) is 28.4 Å². The van der Waals surface area contributed by atoms with Crippen LogP contribution >= 0.6 is 0 Å². The van der Waals surface area contributed by atoms with Crippen LogP contribution in [0.25, 0.3) is 0 Å². The van der Waals surface area contributed by atoms with Gasteiger partial charge in [-0.15, -0.1) is 0 Å². The molecule has 1 heterocycles. The van der Waals surface area contributed by atoms with Crippen LogP contribution < -0.4 is 4.90 Å². The van der Waals surface area contributed by atoms with Crippen molar-refractivity contribution in [1.82, 2.24) is 0 Å². The zero-order valence-electron chi connectivity index (χ0n) is 12.1. The SMILES string of the molecule is [2H]c1cccc(N2C3=CC=CC3C=C2C(C)(C)C)c1. The Hall–Kier alpha value is -1.76. The van der Waals surface area contributed by atoms with Crippen LogP contribution in [0.5, 0.6) is 0 Å². The molecule has 1 heteroatoms. The fourth-order valence-corrected chi connectivity index (χ4v) is 2.63. The number of nitrogens with zero attached hydrogens (tertiary/aromatic N) is 1. The van der Waals surface area contributed by atoms with Crippen LogP contribution in [-0.4, -0.2) is 0 Å². The van der Waals surface area contributed by atoms with E-state index in [-0.39, 0.29) is 5.41 Å². The fourth-order valence-electron chi connectivity index (χ4n) is 2.63. The van der Waals surface area contributed by atoms with E-state index in [0.717, 1.165) is 5.69 Å². The molecule has 1 aromatic rings. The highest BCUT2D eigenvalue weighted by Gasteiger charge is 2.35. The van der Waals surface area contributed by atoms with Gasteiger partial charge in [0.1, 0.15) is 0 Å². The lowest BCUT2D eigenvalue weighted by Crippen LogP contribution is -2.26. The summed E-state index contributed by atoms with van der Waals surface area (Å²) in [6, 6.07) is 8.34. The molecule has 0 fully saturated rings. The normalized spacial score (nSPS) is 22.7. The van der Waals surface area contributed by atoms with Crippen molar-refractivity contribution in [3.63, 3.8) is 0 Å². The van der Waals surface area contributed by atoms with E-state index in [4.69, 9.17) is 1.37 Å². The van der Waals surface area contributed by atoms with Crippen molar-refractivity contribution in [2.24, 2.45) is 11.3 Å². The molecular formula is C17H19N. The average Bonchev–Trinajstić information content (AvgIpc) is 2.86. The number of para-hydroxylation sites is 1. The quantitative estimate of drug-likeness (QED) is 0.696. The molecule has 1 aromatic carbocycles. The van der Waals surface area contributed by atoms with Gasteiger partial charge in [-0.05, 0) is 18.2 Å². The molecule has 3 rings (SSSR count). The molecule has 1 unspecified atom stereocenters. The van der Waals surface area contributed by atoms with Crippen molar-refractivity contribution in [1.29, 1.82) is 0 Å². The highest BCUT2D eigenvalue weighted by Crippen LogP contribution is 2.45. The predicted molar refractivity (Wildman–Crippen MR) is 77.2 cm³/mol. The third kappa shape index (κ3) is 1.71. The van der Waals surface area contributed by atoms with E-state index in [1.807, 2.05) is 18.2 Å². The second kappa shape index (κ2) is 3.88. The Morgan fingerprint density at radius 3 is 2.78 bits per heavy atom. The third-order valence-corrected chi connectivity index (χ3v) is 3.48. The summed E-state index contributed by atoms with van der Waals surface area (Å²) in [6.07, 6.45) is 8.86. The van der Waals surface area contributed by atoms with Crippen LogP contribution in [-0.2, 0) is 0 Å². The maximum absolute atomic E-state index is 7.83. The maximum Gasteiger partial charge on any atom is 0.0623 e. The van der Waals surface area contributed by atoms with Crippen LogP contribution in [0.4, 0.5) is 5.69 Å². The Balaban J connectivity index is 2.10. The Bertz CT molecular complexity index is 602. The van der Waals surface area contributed by atoms with Crippen LogP contribution in [0.2, 0.25) is 0 Å². The third-order valence-electron chi connectivity index (χ3n) is 3.48. The summed E-state index contributed by atoms with van der Waals surface area (Å²) >= 11 is 0. The van der Waals surface area contributed by atoms with Gasteiger partial charge in [0.15, 0.2) is 0 Å². The first-order valence-electron chi connectivity index (χ1n) is 6.94. The number of hydrogen-bond donors (Lipinski definition) is 0. The van der Waals surface area contributed by atoms with E-state index in [9.17, 15) is 0 Å². The summed E-state index contributed by atoms with van der Waals surface area (Å²) < 4.78 is 7.83. The Morgan fingerprint density at radius 1 is 1.22 bits per heavy atom. The largest absolute Gasteiger partial charge is 0.317 e. The molecule has 1 aliphatic heterocycles. The van der Waals surface area contributed by atoms with E-state index < -0.39 is 0 Å². The number of fused-ring (bicyclic) bond motifs is 1. The molecule has 0 aromatic heterocycles. The standard InChI is InChI=1S/C17H19N/c1-17(2,3)16-12-13-8-7-11-15(13)18(16)14-9-5-4-6-10-14/h4-13H,1-3H3/i5D. The zero-order chi connectivity index (χ0) is 13.6. The number of allylic oxidation sites excluding steroid dienone is 4. The van der Waals surface area contributed by atoms with Gasteiger partial charge in [0.05, 0.1) is 1.37 Å². The molecule has 0 amide bonds. The highest BCUT2D eigenvalue weighted by atomic mass is 15.2. The lowest BCUT2D eigenvalue weighted by Gasteiger charge is -2.32. The van der Waals surface area contributed by atoms with Gasteiger partial charge < -0.3 is 4.90 Å². The van der Waals surface area contributed by atoms with Crippen LogP contribution in [0.15, 0.2) is 66.0 Å². The van der Waals surface area contributed by atoms with Crippen molar-refractivity contribution in [2.75, 3.05) is 4.90 Å². The van der Waals surface area contributed by atoms with Gasteiger partial charge in [-0.3, -0.25) is 0 Å². The van der Waals surface area contributed by atoms with Crippen molar-refractivity contribution < 1.29 is 1.37 Å². The Kier molecular flexibility index (Phi) is 2.19. The molecular weight excluding hydrogens is 218 g/mol. The van der Waals surface area contributed by atoms with E-state index in [1.165, 1.54) is 11.4 Å². The summed E-state index contributed by atoms with van der Waals surface area (Å²) in [4.78, 5) is 2.31. The molecule has 1 atom stereocenters. The van der Waals surface area contributed by atoms with Crippen molar-refractivity contribution in [3.05, 3.63) is 66.0 Å². The van der Waals surface area contributed by atoms with Gasteiger partial charge in [-0.1, -0.05) is 57.2 Å². The van der Waals surface area contributed by atoms with Gasteiger partial charge in [-0.25, -0.2) is 0 Å². The molecule has 18 heavy (non-hydrogen) atoms. The minimum Gasteiger partial charge on any atom is -0.317 e. The topological polar surface area (TPSA) is 3.24 Å². The Morgan fingerprint density at radius 2 is 2.06 bits per heavy atom. The van der Waals surface area contributed by atoms with Crippen LogP contribution in [0, 0.1) is 11.3 Å². The van der Waals surface area contributed by atoms with Crippen LogP contribution in [0.3, 0.4) is 0 Å². The van der Waals surface area contributed by atoms with Crippen molar-refractivity contribution >= 4 is 5.69 Å². The van der Waals surface area contributed by atoms with E-state index in [0.29, 0.717) is 12.0 Å². The highest BCUT2D eigenvalue weighted by molar-refractivity contribution is 5.65. The molecule has 0 N–H and O–H groups in total. The van der Waals surface area contributed by atoms with Gasteiger partial charge in [0.25, 0.3) is 0 Å². The first-order chi connectivity index (χ1) is 8.97. The Labute approximate surface area is 111 Å². The minimum absolute atomic E-state index is 0.0943. The number of rotatable bonds is 1. The fraction of sp³-hybridized carbons (Fsp3) is 0.294. The second-order valence-corrected chi connectivity index (χ2v) is 5.90. The molecule has 1 aliphatic carbocycles. The lowest BCUT2D eigenvalue weighted by molar-refractivity contribution is 0.495. The zero-order valence-corrected chi connectivity index (χ0v) is 11.1. The van der Waals surface area contributed by atoms with E-state index >= 15 is 0 Å². The number of hydrogen-bond acceptors (Lipinski definition) is 1. The molecule has 0 bridgehead atoms. The first-order valence-corrected chi connectivity index (χ1v) is 6.44. The van der Waals surface area contributed by atoms with Crippen molar-refractivity contribution in [3.8, 4) is 0 Å². The smallest absolute Gasteiger partial charge is 0.0623 e. The second-order valence-electron chi connectivity index (χ2n) is 5.90. The van der Waals surface area contributed by atoms with Gasteiger partial charge in [-0.2, -0.15) is 0 Å². The van der Waals surface area contributed by atoms with Crippen LogP contribution in [0.1, 0.15) is 22.1 Å². The molecule has 92 valence electrons.